The third-order valence-electron chi connectivity index (χ3n) is 6.88. The van der Waals surface area contributed by atoms with Gasteiger partial charge in [-0.25, -0.2) is 22.0 Å². The van der Waals surface area contributed by atoms with Gasteiger partial charge in [0.1, 0.15) is 23.9 Å². The Labute approximate surface area is 204 Å². The highest BCUT2D eigenvalue weighted by Crippen LogP contribution is 2.48. The predicted octanol–water partition coefficient (Wildman–Crippen LogP) is 5.87. The molecule has 5 rings (SSSR count). The number of rotatable bonds is 6. The fourth-order valence-corrected chi connectivity index (χ4v) is 5.08. The first-order valence-corrected chi connectivity index (χ1v) is 11.8. The number of phenols is 1. The van der Waals surface area contributed by atoms with E-state index in [0.717, 1.165) is 19.6 Å². The number of fused-ring (bicyclic) bond motifs is 1. The van der Waals surface area contributed by atoms with E-state index >= 15 is 0 Å². The monoisotopic (exact) mass is 505 g/mol. The van der Waals surface area contributed by atoms with E-state index in [0.29, 0.717) is 29.2 Å². The van der Waals surface area contributed by atoms with Gasteiger partial charge in [-0.1, -0.05) is 12.1 Å². The molecule has 0 saturated carbocycles. The first-order valence-electron chi connectivity index (χ1n) is 11.8. The molecule has 3 aromatic rings. The Hall–Kier alpha value is -3.33. The van der Waals surface area contributed by atoms with E-state index in [-0.39, 0.29) is 12.4 Å². The molecule has 0 radical (unpaired) electrons. The molecule has 0 aromatic heterocycles. The molecule has 2 unspecified atom stereocenters. The summed E-state index contributed by atoms with van der Waals surface area (Å²) in [5.41, 5.74) is -0.0276. The van der Waals surface area contributed by atoms with Crippen LogP contribution in [0.15, 0.2) is 42.5 Å². The van der Waals surface area contributed by atoms with Gasteiger partial charge in [0.25, 0.3) is 0 Å². The molecule has 9 heteroatoms. The van der Waals surface area contributed by atoms with Crippen LogP contribution in [-0.4, -0.2) is 42.9 Å². The third kappa shape index (κ3) is 4.48. The lowest BCUT2D eigenvalue weighted by Gasteiger charge is -2.35. The summed E-state index contributed by atoms with van der Waals surface area (Å²) < 4.78 is 82.9. The predicted molar refractivity (Wildman–Crippen MR) is 122 cm³/mol. The van der Waals surface area contributed by atoms with E-state index in [1.165, 1.54) is 31.0 Å². The number of nitrogens with zero attached hydrogens (tertiary/aromatic N) is 1. The fourth-order valence-electron chi connectivity index (χ4n) is 5.08. The Morgan fingerprint density at radius 2 is 1.50 bits per heavy atom. The van der Waals surface area contributed by atoms with Crippen LogP contribution in [0.5, 0.6) is 17.2 Å². The van der Waals surface area contributed by atoms with Gasteiger partial charge in [-0.05, 0) is 61.8 Å². The van der Waals surface area contributed by atoms with Crippen molar-refractivity contribution >= 4 is 0 Å². The van der Waals surface area contributed by atoms with Gasteiger partial charge in [-0.2, -0.15) is 0 Å². The average molecular weight is 505 g/mol. The number of hydrogen-bond acceptors (Lipinski definition) is 4. The molecule has 190 valence electrons. The second-order valence-corrected chi connectivity index (χ2v) is 9.07. The molecular formula is C27H24F5NO3. The Morgan fingerprint density at radius 1 is 0.861 bits per heavy atom. The molecule has 2 aliphatic heterocycles. The van der Waals surface area contributed by atoms with E-state index in [9.17, 15) is 27.1 Å². The molecule has 4 nitrogen and oxygen atoms in total. The van der Waals surface area contributed by atoms with Crippen molar-refractivity contribution in [3.8, 4) is 17.2 Å². The maximum Gasteiger partial charge on any atom is 0.200 e. The molecule has 1 saturated heterocycles. The highest BCUT2D eigenvalue weighted by Gasteiger charge is 2.40. The minimum absolute atomic E-state index is 0.123. The van der Waals surface area contributed by atoms with Crippen molar-refractivity contribution in [1.82, 2.24) is 4.90 Å². The molecule has 0 aliphatic carbocycles. The number of halogens is 5. The largest absolute Gasteiger partial charge is 0.508 e. The highest BCUT2D eigenvalue weighted by atomic mass is 19.2. The molecule has 1 N–H and O–H groups in total. The van der Waals surface area contributed by atoms with Crippen LogP contribution >= 0.6 is 0 Å². The molecule has 3 aromatic carbocycles. The van der Waals surface area contributed by atoms with Gasteiger partial charge in [0, 0.05) is 29.5 Å². The van der Waals surface area contributed by atoms with E-state index in [1.54, 1.807) is 24.3 Å². The molecule has 0 bridgehead atoms. The second kappa shape index (κ2) is 9.97. The second-order valence-electron chi connectivity index (χ2n) is 9.07. The minimum Gasteiger partial charge on any atom is -0.508 e. The van der Waals surface area contributed by atoms with Gasteiger partial charge in [-0.15, -0.1) is 0 Å². The van der Waals surface area contributed by atoms with Crippen LogP contribution in [0.3, 0.4) is 0 Å². The summed E-state index contributed by atoms with van der Waals surface area (Å²) in [6.45, 7) is 3.08. The standard InChI is InChI=1S/C27H24F5NO3/c28-23-22(24(29)26(31)27(32)25(23)30)19-14-36-20-8-5-16(34)13-18(20)21(19)15-3-6-17(7-4-15)35-12-11-33-9-1-2-10-33/h3-8,13,19,21,34H,1-2,9-12,14H2. The molecule has 2 atom stereocenters. The first-order chi connectivity index (χ1) is 17.3. The Morgan fingerprint density at radius 3 is 2.17 bits per heavy atom. The topological polar surface area (TPSA) is 41.9 Å². The van der Waals surface area contributed by atoms with Crippen LogP contribution < -0.4 is 9.47 Å². The third-order valence-corrected chi connectivity index (χ3v) is 6.88. The quantitative estimate of drug-likeness (QED) is 0.259. The van der Waals surface area contributed by atoms with Crippen molar-refractivity contribution in [2.24, 2.45) is 0 Å². The lowest BCUT2D eigenvalue weighted by Crippen LogP contribution is -2.28. The fraction of sp³-hybridized carbons (Fsp3) is 0.333. The Kier molecular flexibility index (Phi) is 6.75. The van der Waals surface area contributed by atoms with Crippen molar-refractivity contribution in [2.75, 3.05) is 32.8 Å². The van der Waals surface area contributed by atoms with Crippen LogP contribution in [0.2, 0.25) is 0 Å². The van der Waals surface area contributed by atoms with Crippen molar-refractivity contribution in [1.29, 1.82) is 0 Å². The van der Waals surface area contributed by atoms with Gasteiger partial charge in [0.2, 0.25) is 5.82 Å². The molecule has 2 aliphatic rings. The molecule has 0 amide bonds. The number of phenolic OH excluding ortho intramolecular Hbond substituents is 1. The summed E-state index contributed by atoms with van der Waals surface area (Å²) in [6, 6.07) is 11.1. The van der Waals surface area contributed by atoms with Crippen molar-refractivity contribution < 1.29 is 36.5 Å². The van der Waals surface area contributed by atoms with Crippen LogP contribution in [0, 0.1) is 29.1 Å². The summed E-state index contributed by atoms with van der Waals surface area (Å²) in [5, 5.41) is 10.1. The van der Waals surface area contributed by atoms with Gasteiger partial charge in [0.15, 0.2) is 23.3 Å². The van der Waals surface area contributed by atoms with Crippen molar-refractivity contribution in [3.05, 3.63) is 88.2 Å². The van der Waals surface area contributed by atoms with Crippen LogP contribution in [0.1, 0.15) is 41.4 Å². The zero-order chi connectivity index (χ0) is 25.4. The normalized spacial score (nSPS) is 19.7. The summed E-state index contributed by atoms with van der Waals surface area (Å²) in [6.07, 6.45) is 2.36. The summed E-state index contributed by atoms with van der Waals surface area (Å²) in [7, 11) is 0. The SMILES string of the molecule is Oc1ccc2c(c1)C(c1ccc(OCCN3CCCC3)cc1)C(c1c(F)c(F)c(F)c(F)c1F)CO2. The van der Waals surface area contributed by atoms with Crippen LogP contribution in [0.4, 0.5) is 22.0 Å². The van der Waals surface area contributed by atoms with Crippen molar-refractivity contribution in [2.45, 2.75) is 24.7 Å². The summed E-state index contributed by atoms with van der Waals surface area (Å²) in [4.78, 5) is 2.31. The lowest BCUT2D eigenvalue weighted by atomic mass is 9.75. The molecule has 1 fully saturated rings. The van der Waals surface area contributed by atoms with Gasteiger partial charge in [-0.3, -0.25) is 4.90 Å². The minimum atomic E-state index is -2.21. The maximum atomic E-state index is 14.8. The maximum absolute atomic E-state index is 14.8. The van der Waals surface area contributed by atoms with E-state index < -0.39 is 46.5 Å². The molecule has 2 heterocycles. The van der Waals surface area contributed by atoms with E-state index in [1.807, 2.05) is 0 Å². The van der Waals surface area contributed by atoms with Crippen molar-refractivity contribution in [3.63, 3.8) is 0 Å². The molecule has 36 heavy (non-hydrogen) atoms. The summed E-state index contributed by atoms with van der Waals surface area (Å²) >= 11 is 0. The van der Waals surface area contributed by atoms with Gasteiger partial charge >= 0.3 is 0 Å². The van der Waals surface area contributed by atoms with Crippen LogP contribution in [-0.2, 0) is 0 Å². The van der Waals surface area contributed by atoms with Crippen LogP contribution in [0.25, 0.3) is 0 Å². The number of aromatic hydroxyl groups is 1. The van der Waals surface area contributed by atoms with E-state index in [2.05, 4.69) is 4.90 Å². The lowest BCUT2D eigenvalue weighted by molar-refractivity contribution is 0.235. The number of likely N-dealkylation sites (tertiary alicyclic amines) is 1. The highest BCUT2D eigenvalue weighted by molar-refractivity contribution is 5.51. The zero-order valence-corrected chi connectivity index (χ0v) is 19.2. The van der Waals surface area contributed by atoms with Gasteiger partial charge < -0.3 is 14.6 Å². The number of ether oxygens (including phenoxy) is 2. The zero-order valence-electron chi connectivity index (χ0n) is 19.2. The molecule has 0 spiro atoms. The van der Waals surface area contributed by atoms with Gasteiger partial charge in [0.05, 0.1) is 6.61 Å². The first kappa shape index (κ1) is 24.4. The van der Waals surface area contributed by atoms with E-state index in [4.69, 9.17) is 9.47 Å². The molecular weight excluding hydrogens is 481 g/mol. The Balaban J connectivity index is 1.50. The average Bonchev–Trinajstić information content (AvgIpc) is 3.40. The number of benzene rings is 3. The summed E-state index contributed by atoms with van der Waals surface area (Å²) in [5.74, 6) is -11.3. The smallest absolute Gasteiger partial charge is 0.200 e. The Bertz CT molecular complexity index is 1230. The number of hydrogen-bond donors (Lipinski definition) is 1.